The fourth-order valence-electron chi connectivity index (χ4n) is 3.16. The van der Waals surface area contributed by atoms with E-state index in [-0.39, 0.29) is 23.5 Å². The van der Waals surface area contributed by atoms with Gasteiger partial charge in [-0.25, -0.2) is 0 Å². The molecule has 0 radical (unpaired) electrons. The van der Waals surface area contributed by atoms with Gasteiger partial charge >= 0.3 is 6.18 Å². The second-order valence-corrected chi connectivity index (χ2v) is 6.49. The Kier molecular flexibility index (Phi) is 4.62. The smallest absolute Gasteiger partial charge is 0.416 e. The number of benzene rings is 1. The van der Waals surface area contributed by atoms with Gasteiger partial charge in [0.15, 0.2) is 0 Å². The van der Waals surface area contributed by atoms with Gasteiger partial charge in [-0.3, -0.25) is 4.79 Å². The number of piperidine rings is 1. The first-order chi connectivity index (χ1) is 13.4. The summed E-state index contributed by atoms with van der Waals surface area (Å²) in [5.74, 6) is 0.241. The van der Waals surface area contributed by atoms with Crippen LogP contribution in [0.25, 0.3) is 11.5 Å². The average molecular weight is 392 g/mol. The molecule has 1 aromatic carbocycles. The van der Waals surface area contributed by atoms with E-state index in [1.165, 1.54) is 24.4 Å². The second kappa shape index (κ2) is 7.10. The molecular weight excluding hydrogens is 377 g/mol. The Morgan fingerprint density at radius 2 is 1.93 bits per heavy atom. The van der Waals surface area contributed by atoms with Gasteiger partial charge in [0.05, 0.1) is 17.7 Å². The normalized spacial score (nSPS) is 17.7. The van der Waals surface area contributed by atoms with Gasteiger partial charge in [-0.2, -0.15) is 13.2 Å². The number of hydrogen-bond acceptors (Lipinski definition) is 6. The second-order valence-electron chi connectivity index (χ2n) is 6.49. The number of amides is 1. The van der Waals surface area contributed by atoms with Crippen LogP contribution in [0.5, 0.6) is 0 Å². The summed E-state index contributed by atoms with van der Waals surface area (Å²) in [4.78, 5) is 14.0. The van der Waals surface area contributed by atoms with E-state index in [1.54, 1.807) is 4.90 Å². The Morgan fingerprint density at radius 1 is 1.14 bits per heavy atom. The van der Waals surface area contributed by atoms with Crippen LogP contribution in [-0.2, 0) is 6.18 Å². The molecular formula is C18H15F3N4O3. The molecule has 0 bridgehead atoms. The van der Waals surface area contributed by atoms with Crippen LogP contribution in [0.2, 0.25) is 0 Å². The number of nitrogens with zero attached hydrogens (tertiary/aromatic N) is 4. The van der Waals surface area contributed by atoms with Crippen LogP contribution < -0.4 is 0 Å². The third-order valence-corrected chi connectivity index (χ3v) is 4.61. The first-order valence-corrected chi connectivity index (χ1v) is 8.63. The van der Waals surface area contributed by atoms with Gasteiger partial charge in [0.1, 0.15) is 0 Å². The van der Waals surface area contributed by atoms with Crippen molar-refractivity contribution in [1.29, 1.82) is 0 Å². The Hall–Kier alpha value is -3.17. The fraction of sp³-hybridized carbons (Fsp3) is 0.333. The highest BCUT2D eigenvalue weighted by molar-refractivity contribution is 5.91. The van der Waals surface area contributed by atoms with Gasteiger partial charge in [-0.15, -0.1) is 10.2 Å². The number of carbonyl (C=O) groups excluding carboxylic acids is 1. The molecule has 0 N–H and O–H groups in total. The maximum atomic E-state index is 12.7. The lowest BCUT2D eigenvalue weighted by Gasteiger charge is -2.30. The van der Waals surface area contributed by atoms with Crippen LogP contribution in [0, 0.1) is 0 Å². The van der Waals surface area contributed by atoms with Crippen molar-refractivity contribution in [2.24, 2.45) is 0 Å². The fourth-order valence-corrected chi connectivity index (χ4v) is 3.16. The lowest BCUT2D eigenvalue weighted by atomic mass is 9.98. The zero-order chi connectivity index (χ0) is 19.7. The summed E-state index contributed by atoms with van der Waals surface area (Å²) in [5.41, 5.74) is -0.345. The molecule has 1 atom stereocenters. The van der Waals surface area contributed by atoms with Gasteiger partial charge in [-0.05, 0) is 37.1 Å². The molecule has 0 saturated carbocycles. The topological polar surface area (TPSA) is 85.3 Å². The van der Waals surface area contributed by atoms with Gasteiger partial charge < -0.3 is 13.8 Å². The van der Waals surface area contributed by atoms with Crippen molar-refractivity contribution >= 4 is 5.91 Å². The number of carbonyl (C=O) groups is 1. The van der Waals surface area contributed by atoms with Crippen molar-refractivity contribution in [3.63, 3.8) is 0 Å². The van der Waals surface area contributed by atoms with Crippen LogP contribution in [0.4, 0.5) is 13.2 Å². The molecule has 0 aliphatic carbocycles. The van der Waals surface area contributed by atoms with Crippen molar-refractivity contribution in [3.05, 3.63) is 53.7 Å². The Balaban J connectivity index is 1.48. The van der Waals surface area contributed by atoms with Crippen LogP contribution >= 0.6 is 0 Å². The molecule has 28 heavy (non-hydrogen) atoms. The Labute approximate surface area is 157 Å². The minimum Gasteiger partial charge on any atom is -0.420 e. The molecule has 1 aliphatic rings. The molecule has 10 heteroatoms. The van der Waals surface area contributed by atoms with Crippen LogP contribution in [0.15, 0.2) is 45.5 Å². The van der Waals surface area contributed by atoms with E-state index in [0.29, 0.717) is 24.5 Å². The Bertz CT molecular complexity index is 951. The summed E-state index contributed by atoms with van der Waals surface area (Å²) in [7, 11) is 0. The molecule has 3 aromatic rings. The van der Waals surface area contributed by atoms with Crippen molar-refractivity contribution < 1.29 is 26.9 Å². The molecule has 1 saturated heterocycles. The SMILES string of the molecule is O=C(c1ccno1)N1CCCC(c2nnc(-c3ccc(C(F)(F)F)cc3)o2)C1. The quantitative estimate of drug-likeness (QED) is 0.675. The molecule has 1 aliphatic heterocycles. The number of halogens is 3. The number of alkyl halides is 3. The van der Waals surface area contributed by atoms with Gasteiger partial charge in [0.25, 0.3) is 5.91 Å². The van der Waals surface area contributed by atoms with E-state index in [2.05, 4.69) is 15.4 Å². The minimum absolute atomic E-state index is 0.141. The lowest BCUT2D eigenvalue weighted by molar-refractivity contribution is -0.137. The summed E-state index contributed by atoms with van der Waals surface area (Å²) in [6, 6.07) is 6.03. The van der Waals surface area contributed by atoms with Crippen molar-refractivity contribution in [3.8, 4) is 11.5 Å². The summed E-state index contributed by atoms with van der Waals surface area (Å²) in [6.07, 6.45) is -1.49. The van der Waals surface area contributed by atoms with E-state index < -0.39 is 11.7 Å². The monoisotopic (exact) mass is 392 g/mol. The van der Waals surface area contributed by atoms with E-state index in [4.69, 9.17) is 8.94 Å². The number of hydrogen-bond donors (Lipinski definition) is 0. The standard InChI is InChI=1S/C18H15F3N4O3/c19-18(20,21)13-5-3-11(4-6-13)15-23-24-16(27-15)12-2-1-9-25(10-12)17(26)14-7-8-22-28-14/h3-8,12H,1-2,9-10H2. The largest absolute Gasteiger partial charge is 0.420 e. The van der Waals surface area contributed by atoms with Gasteiger partial charge in [0.2, 0.25) is 17.5 Å². The highest BCUT2D eigenvalue weighted by Crippen LogP contribution is 2.32. The van der Waals surface area contributed by atoms with E-state index in [9.17, 15) is 18.0 Å². The molecule has 4 rings (SSSR count). The zero-order valence-corrected chi connectivity index (χ0v) is 14.5. The van der Waals surface area contributed by atoms with E-state index in [1.807, 2.05) is 0 Å². The van der Waals surface area contributed by atoms with Gasteiger partial charge in [0, 0.05) is 24.7 Å². The van der Waals surface area contributed by atoms with Gasteiger partial charge in [-0.1, -0.05) is 5.16 Å². The third-order valence-electron chi connectivity index (χ3n) is 4.61. The van der Waals surface area contributed by atoms with E-state index >= 15 is 0 Å². The molecule has 146 valence electrons. The molecule has 1 amide bonds. The molecule has 0 spiro atoms. The first kappa shape index (κ1) is 18.2. The predicted octanol–water partition coefficient (Wildman–Crippen LogP) is 3.76. The average Bonchev–Trinajstić information content (AvgIpc) is 3.39. The summed E-state index contributed by atoms with van der Waals surface area (Å²) in [6.45, 7) is 0.962. The molecule has 7 nitrogen and oxygen atoms in total. The molecule has 1 fully saturated rings. The zero-order valence-electron chi connectivity index (χ0n) is 14.5. The third kappa shape index (κ3) is 3.62. The van der Waals surface area contributed by atoms with Crippen LogP contribution in [0.3, 0.4) is 0 Å². The van der Waals surface area contributed by atoms with Crippen molar-refractivity contribution in [1.82, 2.24) is 20.3 Å². The molecule has 3 heterocycles. The lowest BCUT2D eigenvalue weighted by Crippen LogP contribution is -2.39. The maximum Gasteiger partial charge on any atom is 0.416 e. The highest BCUT2D eigenvalue weighted by Gasteiger charge is 2.31. The first-order valence-electron chi connectivity index (χ1n) is 8.63. The van der Waals surface area contributed by atoms with Crippen molar-refractivity contribution in [2.45, 2.75) is 24.9 Å². The van der Waals surface area contributed by atoms with Crippen LogP contribution in [-0.4, -0.2) is 39.3 Å². The predicted molar refractivity (Wildman–Crippen MR) is 89.1 cm³/mol. The van der Waals surface area contributed by atoms with Crippen molar-refractivity contribution in [2.75, 3.05) is 13.1 Å². The highest BCUT2D eigenvalue weighted by atomic mass is 19.4. The maximum absolute atomic E-state index is 12.7. The Morgan fingerprint density at radius 3 is 2.61 bits per heavy atom. The number of rotatable bonds is 3. The summed E-state index contributed by atoms with van der Waals surface area (Å²) >= 11 is 0. The minimum atomic E-state index is -4.40. The number of aromatic nitrogens is 3. The summed E-state index contributed by atoms with van der Waals surface area (Å²) < 4.78 is 48.6. The molecule has 2 aromatic heterocycles. The van der Waals surface area contributed by atoms with Crippen LogP contribution in [0.1, 0.15) is 40.8 Å². The summed E-state index contributed by atoms with van der Waals surface area (Å²) in [5, 5.41) is 11.5. The van der Waals surface area contributed by atoms with E-state index in [0.717, 1.165) is 25.0 Å². The molecule has 1 unspecified atom stereocenters. The number of likely N-dealkylation sites (tertiary alicyclic amines) is 1.